The van der Waals surface area contributed by atoms with E-state index in [1.54, 1.807) is 23.7 Å². The van der Waals surface area contributed by atoms with Crippen molar-refractivity contribution in [1.82, 2.24) is 34.6 Å². The fourth-order valence-corrected chi connectivity index (χ4v) is 6.24. The maximum atomic E-state index is 12.9. The molecule has 2 aliphatic heterocycles. The molecule has 1 saturated heterocycles. The summed E-state index contributed by atoms with van der Waals surface area (Å²) in [5.41, 5.74) is 2.17. The monoisotopic (exact) mass is 449 g/mol. The van der Waals surface area contributed by atoms with Gasteiger partial charge in [0.25, 0.3) is 0 Å². The summed E-state index contributed by atoms with van der Waals surface area (Å²) in [4.78, 5) is 39.7. The Morgan fingerprint density at radius 2 is 1.88 bits per heavy atom. The summed E-state index contributed by atoms with van der Waals surface area (Å²) < 4.78 is 0. The fourth-order valence-electron chi connectivity index (χ4n) is 5.00. The van der Waals surface area contributed by atoms with Gasteiger partial charge in [0.15, 0.2) is 5.82 Å². The molecule has 0 bridgehead atoms. The van der Waals surface area contributed by atoms with Crippen molar-refractivity contribution in [3.8, 4) is 11.4 Å². The van der Waals surface area contributed by atoms with Gasteiger partial charge in [-0.1, -0.05) is 6.42 Å². The molecule has 0 atom stereocenters. The largest absolute Gasteiger partial charge is 0.339 e. The van der Waals surface area contributed by atoms with Crippen LogP contribution < -0.4 is 0 Å². The fraction of sp³-hybridized carbons (Fsp3) is 0.522. The maximum absolute atomic E-state index is 12.9. The normalized spacial score (nSPS) is 20.3. The molecule has 0 spiro atoms. The van der Waals surface area contributed by atoms with E-state index in [1.807, 2.05) is 6.20 Å². The summed E-state index contributed by atoms with van der Waals surface area (Å²) >= 11 is 1.72. The molecule has 0 radical (unpaired) electrons. The SMILES string of the molecule is O=C(CN1CCc2c(sc3nc(-c4cncnc4)ncc23)C1)N1CCN(C2CCC2)CC1. The second kappa shape index (κ2) is 8.46. The molecule has 1 aliphatic carbocycles. The number of rotatable bonds is 4. The molecule has 166 valence electrons. The number of piperazine rings is 1. The van der Waals surface area contributed by atoms with Gasteiger partial charge in [0.2, 0.25) is 5.91 Å². The summed E-state index contributed by atoms with van der Waals surface area (Å²) in [7, 11) is 0. The van der Waals surface area contributed by atoms with Gasteiger partial charge in [0, 0.05) is 74.2 Å². The number of hydrogen-bond donors (Lipinski definition) is 0. The van der Waals surface area contributed by atoms with Gasteiger partial charge >= 0.3 is 0 Å². The van der Waals surface area contributed by atoms with Crippen molar-refractivity contribution >= 4 is 27.5 Å². The number of fused-ring (bicyclic) bond motifs is 3. The van der Waals surface area contributed by atoms with Crippen LogP contribution in [0.3, 0.4) is 0 Å². The van der Waals surface area contributed by atoms with Crippen LogP contribution in [0.5, 0.6) is 0 Å². The summed E-state index contributed by atoms with van der Waals surface area (Å²) in [6, 6.07) is 0.777. The molecule has 9 heteroatoms. The van der Waals surface area contributed by atoms with Crippen LogP contribution in [0.4, 0.5) is 0 Å². The van der Waals surface area contributed by atoms with E-state index in [0.29, 0.717) is 12.4 Å². The number of hydrogen-bond acceptors (Lipinski definition) is 8. The van der Waals surface area contributed by atoms with Crippen molar-refractivity contribution in [1.29, 1.82) is 0 Å². The number of carbonyl (C=O) groups is 1. The third-order valence-electron chi connectivity index (χ3n) is 7.12. The van der Waals surface area contributed by atoms with Crippen LogP contribution in [0.1, 0.15) is 29.7 Å². The Kier molecular flexibility index (Phi) is 5.32. The van der Waals surface area contributed by atoms with Gasteiger partial charge in [-0.05, 0) is 24.8 Å². The highest BCUT2D eigenvalue weighted by atomic mass is 32.1. The highest BCUT2D eigenvalue weighted by Gasteiger charge is 2.30. The average Bonchev–Trinajstić information content (AvgIpc) is 3.16. The van der Waals surface area contributed by atoms with E-state index in [4.69, 9.17) is 4.98 Å². The molecule has 0 aromatic carbocycles. The predicted octanol–water partition coefficient (Wildman–Crippen LogP) is 2.20. The Balaban J connectivity index is 1.11. The van der Waals surface area contributed by atoms with Crippen LogP contribution in [-0.2, 0) is 17.8 Å². The van der Waals surface area contributed by atoms with Crippen LogP contribution in [0.15, 0.2) is 24.9 Å². The summed E-state index contributed by atoms with van der Waals surface area (Å²) in [5, 5.41) is 1.14. The van der Waals surface area contributed by atoms with Crippen LogP contribution in [0.2, 0.25) is 0 Å². The number of aromatic nitrogens is 4. The molecule has 6 rings (SSSR count). The van der Waals surface area contributed by atoms with Gasteiger partial charge in [0.1, 0.15) is 11.2 Å². The van der Waals surface area contributed by atoms with Crippen LogP contribution in [0, 0.1) is 0 Å². The van der Waals surface area contributed by atoms with Crippen LogP contribution in [0.25, 0.3) is 21.6 Å². The first-order chi connectivity index (χ1) is 15.7. The van der Waals surface area contributed by atoms with E-state index in [2.05, 4.69) is 29.7 Å². The van der Waals surface area contributed by atoms with E-state index >= 15 is 0 Å². The van der Waals surface area contributed by atoms with E-state index in [1.165, 1.54) is 36.0 Å². The average molecular weight is 450 g/mol. The van der Waals surface area contributed by atoms with E-state index < -0.39 is 0 Å². The second-order valence-corrected chi connectivity index (χ2v) is 10.1. The lowest BCUT2D eigenvalue weighted by Gasteiger charge is -2.43. The molecule has 2 fully saturated rings. The predicted molar refractivity (Wildman–Crippen MR) is 123 cm³/mol. The first-order valence-corrected chi connectivity index (χ1v) is 12.3. The molecule has 3 aromatic heterocycles. The minimum Gasteiger partial charge on any atom is -0.339 e. The molecule has 3 aliphatic rings. The molecule has 0 unspecified atom stereocenters. The maximum Gasteiger partial charge on any atom is 0.236 e. The first kappa shape index (κ1) is 20.1. The third-order valence-corrected chi connectivity index (χ3v) is 8.24. The lowest BCUT2D eigenvalue weighted by Crippen LogP contribution is -2.55. The topological polar surface area (TPSA) is 78.3 Å². The molecule has 32 heavy (non-hydrogen) atoms. The molecular weight excluding hydrogens is 422 g/mol. The molecule has 1 amide bonds. The van der Waals surface area contributed by atoms with Gasteiger partial charge in [-0.25, -0.2) is 19.9 Å². The highest BCUT2D eigenvalue weighted by molar-refractivity contribution is 7.18. The molecule has 3 aromatic rings. The van der Waals surface area contributed by atoms with Gasteiger partial charge in [-0.3, -0.25) is 14.6 Å². The van der Waals surface area contributed by atoms with Gasteiger partial charge in [0.05, 0.1) is 12.1 Å². The van der Waals surface area contributed by atoms with Crippen molar-refractivity contribution in [2.45, 2.75) is 38.3 Å². The molecule has 1 saturated carbocycles. The molecular formula is C23H27N7OS. The Morgan fingerprint density at radius 1 is 1.06 bits per heavy atom. The Bertz CT molecular complexity index is 1120. The Hall–Kier alpha value is -2.49. The number of thiophene rings is 1. The minimum atomic E-state index is 0.272. The lowest BCUT2D eigenvalue weighted by molar-refractivity contribution is -0.135. The van der Waals surface area contributed by atoms with Crippen molar-refractivity contribution in [2.75, 3.05) is 39.3 Å². The quantitative estimate of drug-likeness (QED) is 0.604. The Morgan fingerprint density at radius 3 is 2.62 bits per heavy atom. The number of nitrogens with zero attached hydrogens (tertiary/aromatic N) is 7. The highest BCUT2D eigenvalue weighted by Crippen LogP contribution is 2.34. The minimum absolute atomic E-state index is 0.272. The van der Waals surface area contributed by atoms with E-state index in [0.717, 1.165) is 67.5 Å². The van der Waals surface area contributed by atoms with Crippen LogP contribution >= 0.6 is 11.3 Å². The third kappa shape index (κ3) is 3.78. The number of amides is 1. The molecule has 8 nitrogen and oxygen atoms in total. The molecule has 0 N–H and O–H groups in total. The Labute approximate surface area is 191 Å². The summed E-state index contributed by atoms with van der Waals surface area (Å²) in [6.07, 6.45) is 11.9. The molecule has 5 heterocycles. The zero-order chi connectivity index (χ0) is 21.5. The smallest absolute Gasteiger partial charge is 0.236 e. The van der Waals surface area contributed by atoms with Gasteiger partial charge in [-0.2, -0.15) is 0 Å². The zero-order valence-corrected chi connectivity index (χ0v) is 18.9. The standard InChI is InChI=1S/C23H27N7OS/c31-21(30-8-6-29(7-9-30)17-2-1-3-17)14-28-5-4-18-19-12-26-22(16-10-24-15-25-11-16)27-23(19)32-20(18)13-28/h10-12,15,17H,1-9,13-14H2. The van der Waals surface area contributed by atoms with Gasteiger partial charge < -0.3 is 4.90 Å². The van der Waals surface area contributed by atoms with Crippen molar-refractivity contribution in [2.24, 2.45) is 0 Å². The van der Waals surface area contributed by atoms with Gasteiger partial charge in [-0.15, -0.1) is 11.3 Å². The second-order valence-electron chi connectivity index (χ2n) is 9.01. The van der Waals surface area contributed by atoms with Crippen molar-refractivity contribution in [3.63, 3.8) is 0 Å². The van der Waals surface area contributed by atoms with Crippen molar-refractivity contribution in [3.05, 3.63) is 35.4 Å². The van der Waals surface area contributed by atoms with Crippen molar-refractivity contribution < 1.29 is 4.79 Å². The van der Waals surface area contributed by atoms with E-state index in [-0.39, 0.29) is 5.91 Å². The van der Waals surface area contributed by atoms with E-state index in [9.17, 15) is 4.79 Å². The summed E-state index contributed by atoms with van der Waals surface area (Å²) in [6.45, 7) is 6.04. The lowest BCUT2D eigenvalue weighted by atomic mass is 9.91. The summed E-state index contributed by atoms with van der Waals surface area (Å²) in [5.74, 6) is 0.929. The number of carbonyl (C=O) groups excluding carboxylic acids is 1. The van der Waals surface area contributed by atoms with Crippen LogP contribution in [-0.4, -0.2) is 85.9 Å². The first-order valence-electron chi connectivity index (χ1n) is 11.5. The zero-order valence-electron chi connectivity index (χ0n) is 18.1.